The number of urea groups is 1. The molecule has 0 spiro atoms. The van der Waals surface area contributed by atoms with Crippen LogP contribution in [0.1, 0.15) is 33.6 Å². The molecule has 0 fully saturated rings. The Morgan fingerprint density at radius 2 is 1.81 bits per heavy atom. The summed E-state index contributed by atoms with van der Waals surface area (Å²) in [6, 6.07) is 0.0397. The van der Waals surface area contributed by atoms with Crippen LogP contribution in [0.4, 0.5) is 4.79 Å². The lowest BCUT2D eigenvalue weighted by Gasteiger charge is -2.30. The Hall–Kier alpha value is -1.26. The van der Waals surface area contributed by atoms with Gasteiger partial charge in [-0.3, -0.25) is 4.79 Å². The quantitative estimate of drug-likeness (QED) is 0.754. The maximum absolute atomic E-state index is 11.9. The standard InChI is InChI=1S/C11H22N2O3/c1-5-7-13(9(2)3)11(16)12(4)8-6-10(14)15/h9H,5-8H2,1-4H3,(H,14,15). The molecule has 2 amide bonds. The molecule has 5 heteroatoms. The third-order valence-corrected chi connectivity index (χ3v) is 2.32. The fraction of sp³-hybridized carbons (Fsp3) is 0.818. The molecular formula is C11H22N2O3. The van der Waals surface area contributed by atoms with Gasteiger partial charge in [0, 0.05) is 26.2 Å². The van der Waals surface area contributed by atoms with E-state index in [2.05, 4.69) is 0 Å². The Kier molecular flexibility index (Phi) is 6.53. The van der Waals surface area contributed by atoms with E-state index in [0.29, 0.717) is 6.54 Å². The molecular weight excluding hydrogens is 208 g/mol. The number of carboxylic acid groups (broad SMARTS) is 1. The van der Waals surface area contributed by atoms with Crippen LogP contribution in [0.25, 0.3) is 0 Å². The van der Waals surface area contributed by atoms with Crippen LogP contribution in [0.3, 0.4) is 0 Å². The molecule has 0 aliphatic carbocycles. The number of amides is 2. The average Bonchev–Trinajstić information content (AvgIpc) is 2.20. The zero-order valence-corrected chi connectivity index (χ0v) is 10.6. The monoisotopic (exact) mass is 230 g/mol. The van der Waals surface area contributed by atoms with Gasteiger partial charge in [-0.05, 0) is 20.3 Å². The Labute approximate surface area is 97.0 Å². The molecule has 0 heterocycles. The predicted octanol–water partition coefficient (Wildman–Crippen LogP) is 1.63. The molecule has 0 radical (unpaired) electrons. The third kappa shape index (κ3) is 5.00. The van der Waals surface area contributed by atoms with Gasteiger partial charge < -0.3 is 14.9 Å². The summed E-state index contributed by atoms with van der Waals surface area (Å²) in [5.41, 5.74) is 0. The van der Waals surface area contributed by atoms with Crippen molar-refractivity contribution in [3.8, 4) is 0 Å². The van der Waals surface area contributed by atoms with E-state index in [-0.39, 0.29) is 25.0 Å². The molecule has 0 rings (SSSR count). The number of nitrogens with zero attached hydrogens (tertiary/aromatic N) is 2. The highest BCUT2D eigenvalue weighted by Crippen LogP contribution is 2.05. The average molecular weight is 230 g/mol. The first kappa shape index (κ1) is 14.7. The van der Waals surface area contributed by atoms with Gasteiger partial charge in [0.2, 0.25) is 0 Å². The number of carboxylic acids is 1. The van der Waals surface area contributed by atoms with Crippen molar-refractivity contribution in [1.29, 1.82) is 0 Å². The van der Waals surface area contributed by atoms with E-state index in [9.17, 15) is 9.59 Å². The molecule has 0 saturated heterocycles. The molecule has 0 aromatic carbocycles. The summed E-state index contributed by atoms with van der Waals surface area (Å²) in [6.45, 7) is 6.88. The van der Waals surface area contributed by atoms with Gasteiger partial charge in [-0.15, -0.1) is 0 Å². The summed E-state index contributed by atoms with van der Waals surface area (Å²) in [5.74, 6) is -0.883. The van der Waals surface area contributed by atoms with Crippen LogP contribution < -0.4 is 0 Å². The van der Waals surface area contributed by atoms with Crippen molar-refractivity contribution in [2.24, 2.45) is 0 Å². The summed E-state index contributed by atoms with van der Waals surface area (Å²) in [5, 5.41) is 8.54. The number of carbonyl (C=O) groups excluding carboxylic acids is 1. The maximum atomic E-state index is 11.9. The zero-order chi connectivity index (χ0) is 12.7. The number of hydrogen-bond donors (Lipinski definition) is 1. The largest absolute Gasteiger partial charge is 0.481 e. The van der Waals surface area contributed by atoms with E-state index in [4.69, 9.17) is 5.11 Å². The highest BCUT2D eigenvalue weighted by Gasteiger charge is 2.19. The molecule has 0 aliphatic heterocycles. The summed E-state index contributed by atoms with van der Waals surface area (Å²) >= 11 is 0. The van der Waals surface area contributed by atoms with Gasteiger partial charge in [0.1, 0.15) is 0 Å². The molecule has 5 nitrogen and oxygen atoms in total. The van der Waals surface area contributed by atoms with E-state index in [1.165, 1.54) is 4.90 Å². The molecule has 0 saturated carbocycles. The van der Waals surface area contributed by atoms with Gasteiger partial charge in [0.05, 0.1) is 6.42 Å². The Balaban J connectivity index is 4.31. The molecule has 0 bridgehead atoms. The van der Waals surface area contributed by atoms with Crippen LogP contribution in [0, 0.1) is 0 Å². The van der Waals surface area contributed by atoms with Crippen LogP contribution >= 0.6 is 0 Å². The van der Waals surface area contributed by atoms with Crippen LogP contribution in [0.15, 0.2) is 0 Å². The van der Waals surface area contributed by atoms with Crippen LogP contribution in [-0.2, 0) is 4.79 Å². The van der Waals surface area contributed by atoms with Crippen LogP contribution in [0.2, 0.25) is 0 Å². The van der Waals surface area contributed by atoms with Crippen molar-refractivity contribution in [3.05, 3.63) is 0 Å². The first-order chi connectivity index (χ1) is 7.40. The number of hydrogen-bond acceptors (Lipinski definition) is 2. The van der Waals surface area contributed by atoms with Crippen molar-refractivity contribution in [3.63, 3.8) is 0 Å². The van der Waals surface area contributed by atoms with Crippen molar-refractivity contribution in [2.75, 3.05) is 20.1 Å². The summed E-state index contributed by atoms with van der Waals surface area (Å²) < 4.78 is 0. The van der Waals surface area contributed by atoms with Crippen molar-refractivity contribution >= 4 is 12.0 Å². The van der Waals surface area contributed by atoms with Gasteiger partial charge >= 0.3 is 12.0 Å². The number of rotatable bonds is 6. The van der Waals surface area contributed by atoms with E-state index >= 15 is 0 Å². The number of aliphatic carboxylic acids is 1. The summed E-state index contributed by atoms with van der Waals surface area (Å²) in [6.07, 6.45) is 0.886. The highest BCUT2D eigenvalue weighted by molar-refractivity contribution is 5.75. The minimum Gasteiger partial charge on any atom is -0.481 e. The SMILES string of the molecule is CCCN(C(=O)N(C)CCC(=O)O)C(C)C. The molecule has 0 aliphatic rings. The fourth-order valence-corrected chi connectivity index (χ4v) is 1.39. The van der Waals surface area contributed by atoms with Gasteiger partial charge in [-0.2, -0.15) is 0 Å². The van der Waals surface area contributed by atoms with E-state index in [0.717, 1.165) is 6.42 Å². The van der Waals surface area contributed by atoms with Gasteiger partial charge in [-0.25, -0.2) is 4.79 Å². The lowest BCUT2D eigenvalue weighted by Crippen LogP contribution is -2.45. The van der Waals surface area contributed by atoms with Gasteiger partial charge in [0.15, 0.2) is 0 Å². The van der Waals surface area contributed by atoms with E-state index in [1.54, 1.807) is 11.9 Å². The Morgan fingerprint density at radius 1 is 1.25 bits per heavy atom. The fourth-order valence-electron chi connectivity index (χ4n) is 1.39. The van der Waals surface area contributed by atoms with E-state index < -0.39 is 5.97 Å². The number of carbonyl (C=O) groups is 2. The smallest absolute Gasteiger partial charge is 0.319 e. The molecule has 1 N–H and O–H groups in total. The molecule has 94 valence electrons. The van der Waals surface area contributed by atoms with Crippen molar-refractivity contribution in [1.82, 2.24) is 9.80 Å². The van der Waals surface area contributed by atoms with Gasteiger partial charge in [-0.1, -0.05) is 6.92 Å². The minimum atomic E-state index is -0.883. The second-order valence-corrected chi connectivity index (χ2v) is 4.14. The maximum Gasteiger partial charge on any atom is 0.319 e. The highest BCUT2D eigenvalue weighted by atomic mass is 16.4. The molecule has 0 unspecified atom stereocenters. The minimum absolute atomic E-state index is 0.0136. The lowest BCUT2D eigenvalue weighted by atomic mass is 10.3. The second kappa shape index (κ2) is 7.09. The van der Waals surface area contributed by atoms with Gasteiger partial charge in [0.25, 0.3) is 0 Å². The zero-order valence-electron chi connectivity index (χ0n) is 10.6. The topological polar surface area (TPSA) is 60.9 Å². The Morgan fingerprint density at radius 3 is 2.19 bits per heavy atom. The normalized spacial score (nSPS) is 10.3. The van der Waals surface area contributed by atoms with Crippen LogP contribution in [-0.4, -0.2) is 53.1 Å². The van der Waals surface area contributed by atoms with Crippen molar-refractivity contribution in [2.45, 2.75) is 39.7 Å². The summed E-state index contributed by atoms with van der Waals surface area (Å²) in [4.78, 5) is 25.6. The molecule has 0 aromatic heterocycles. The van der Waals surface area contributed by atoms with E-state index in [1.807, 2.05) is 20.8 Å². The predicted molar refractivity (Wildman–Crippen MR) is 62.4 cm³/mol. The molecule has 0 aromatic rings. The Bertz CT molecular complexity index is 241. The summed E-state index contributed by atoms with van der Waals surface area (Å²) in [7, 11) is 1.64. The van der Waals surface area contributed by atoms with Crippen molar-refractivity contribution < 1.29 is 14.7 Å². The lowest BCUT2D eigenvalue weighted by molar-refractivity contribution is -0.137. The van der Waals surface area contributed by atoms with Crippen LogP contribution in [0.5, 0.6) is 0 Å². The second-order valence-electron chi connectivity index (χ2n) is 4.14. The third-order valence-electron chi connectivity index (χ3n) is 2.32. The first-order valence-electron chi connectivity index (χ1n) is 5.63. The first-order valence-corrected chi connectivity index (χ1v) is 5.63. The molecule has 0 atom stereocenters. The molecule has 16 heavy (non-hydrogen) atoms.